The summed E-state index contributed by atoms with van der Waals surface area (Å²) in [5.41, 5.74) is 0.711. The van der Waals surface area contributed by atoms with Crippen LogP contribution in [-0.4, -0.2) is 33.9 Å². The van der Waals surface area contributed by atoms with Gasteiger partial charge in [-0.1, -0.05) is 0 Å². The molecule has 0 amide bonds. The minimum atomic E-state index is -0.497. The van der Waals surface area contributed by atoms with E-state index in [0.717, 1.165) is 5.75 Å². The van der Waals surface area contributed by atoms with Gasteiger partial charge < -0.3 is 23.7 Å². The van der Waals surface area contributed by atoms with Crippen LogP contribution in [0, 0.1) is 0 Å². The van der Waals surface area contributed by atoms with Crippen molar-refractivity contribution in [2.75, 3.05) is 27.9 Å². The van der Waals surface area contributed by atoms with Crippen LogP contribution in [0.1, 0.15) is 12.5 Å². The maximum absolute atomic E-state index is 12.0. The zero-order valence-electron chi connectivity index (χ0n) is 15.3. The smallest absolute Gasteiger partial charge is 0.336 e. The topological polar surface area (TPSA) is 63.2 Å². The Bertz CT molecular complexity index is 739. The number of rotatable bonds is 8. The van der Waals surface area contributed by atoms with Crippen LogP contribution < -0.4 is 23.7 Å². The van der Waals surface area contributed by atoms with E-state index in [9.17, 15) is 4.79 Å². The van der Waals surface area contributed by atoms with Crippen molar-refractivity contribution >= 4 is 12.0 Å². The highest BCUT2D eigenvalue weighted by Gasteiger charge is 2.12. The van der Waals surface area contributed by atoms with Gasteiger partial charge >= 0.3 is 5.97 Å². The number of esters is 1. The second-order valence-electron chi connectivity index (χ2n) is 5.12. The Morgan fingerprint density at radius 3 is 2.00 bits per heavy atom. The van der Waals surface area contributed by atoms with Gasteiger partial charge in [-0.25, -0.2) is 4.79 Å². The predicted octanol–water partition coefficient (Wildman–Crippen LogP) is 3.73. The SMILES string of the molecule is CCOc1ccc(OC(=O)C=Cc2cc(OC)c(OC)c(OC)c2)cc1. The number of hydrogen-bond donors (Lipinski definition) is 0. The predicted molar refractivity (Wildman–Crippen MR) is 98.4 cm³/mol. The first-order valence-corrected chi connectivity index (χ1v) is 8.04. The molecule has 0 aliphatic carbocycles. The number of carbonyl (C=O) groups excluding carboxylic acids is 1. The lowest BCUT2D eigenvalue weighted by molar-refractivity contribution is -0.128. The lowest BCUT2D eigenvalue weighted by atomic mass is 10.1. The molecule has 0 aromatic heterocycles. The van der Waals surface area contributed by atoms with E-state index < -0.39 is 5.97 Å². The highest BCUT2D eigenvalue weighted by atomic mass is 16.5. The third kappa shape index (κ3) is 4.92. The quantitative estimate of drug-likeness (QED) is 0.407. The minimum absolute atomic E-state index is 0.438. The molecule has 0 saturated carbocycles. The third-order valence-electron chi connectivity index (χ3n) is 3.45. The van der Waals surface area contributed by atoms with Crippen LogP contribution in [0.3, 0.4) is 0 Å². The van der Waals surface area contributed by atoms with E-state index in [1.165, 1.54) is 27.4 Å². The maximum atomic E-state index is 12.0. The average molecular weight is 358 g/mol. The van der Waals surface area contributed by atoms with E-state index in [4.69, 9.17) is 23.7 Å². The molecule has 0 bridgehead atoms. The van der Waals surface area contributed by atoms with Crippen molar-refractivity contribution in [3.05, 3.63) is 48.0 Å². The third-order valence-corrected chi connectivity index (χ3v) is 3.45. The summed E-state index contributed by atoms with van der Waals surface area (Å²) in [5.74, 6) is 2.16. The normalized spacial score (nSPS) is 10.5. The molecule has 0 aliphatic heterocycles. The van der Waals surface area contributed by atoms with E-state index in [-0.39, 0.29) is 0 Å². The molecule has 2 aromatic rings. The molecule has 6 nitrogen and oxygen atoms in total. The number of hydrogen-bond acceptors (Lipinski definition) is 6. The van der Waals surface area contributed by atoms with Gasteiger partial charge in [0.1, 0.15) is 11.5 Å². The zero-order valence-corrected chi connectivity index (χ0v) is 15.3. The van der Waals surface area contributed by atoms with Gasteiger partial charge in [0, 0.05) is 6.08 Å². The molecule has 2 aromatic carbocycles. The summed E-state index contributed by atoms with van der Waals surface area (Å²) in [7, 11) is 4.60. The molecule has 6 heteroatoms. The van der Waals surface area contributed by atoms with Gasteiger partial charge in [-0.3, -0.25) is 0 Å². The Hall–Kier alpha value is -3.15. The van der Waals surface area contributed by atoms with Crippen molar-refractivity contribution < 1.29 is 28.5 Å². The van der Waals surface area contributed by atoms with Crippen molar-refractivity contribution in [2.45, 2.75) is 6.92 Å². The van der Waals surface area contributed by atoms with Crippen molar-refractivity contribution in [1.29, 1.82) is 0 Å². The molecule has 0 spiro atoms. The molecule has 138 valence electrons. The standard InChI is InChI=1S/C20H22O6/c1-5-25-15-7-9-16(10-8-15)26-19(21)11-6-14-12-17(22-2)20(24-4)18(13-14)23-3/h6-13H,5H2,1-4H3. The van der Waals surface area contributed by atoms with Crippen LogP contribution in [0.25, 0.3) is 6.08 Å². The molecule has 2 rings (SSSR count). The van der Waals surface area contributed by atoms with Gasteiger partial charge in [0.2, 0.25) is 5.75 Å². The fourth-order valence-electron chi connectivity index (χ4n) is 2.28. The van der Waals surface area contributed by atoms with Crippen LogP contribution in [-0.2, 0) is 4.79 Å². The Balaban J connectivity index is 2.09. The van der Waals surface area contributed by atoms with Crippen LogP contribution in [0.4, 0.5) is 0 Å². The number of methoxy groups -OCH3 is 3. The Morgan fingerprint density at radius 2 is 1.50 bits per heavy atom. The molecule has 0 unspecified atom stereocenters. The minimum Gasteiger partial charge on any atom is -0.494 e. The van der Waals surface area contributed by atoms with Gasteiger partial charge in [0.25, 0.3) is 0 Å². The summed E-state index contributed by atoms with van der Waals surface area (Å²) in [4.78, 5) is 12.0. The van der Waals surface area contributed by atoms with Gasteiger partial charge in [0.05, 0.1) is 27.9 Å². The van der Waals surface area contributed by atoms with Crippen LogP contribution in [0.5, 0.6) is 28.7 Å². The van der Waals surface area contributed by atoms with E-state index in [2.05, 4.69) is 0 Å². The van der Waals surface area contributed by atoms with Crippen molar-refractivity contribution in [1.82, 2.24) is 0 Å². The number of benzene rings is 2. The van der Waals surface area contributed by atoms with Crippen LogP contribution in [0.2, 0.25) is 0 Å². The Morgan fingerprint density at radius 1 is 0.923 bits per heavy atom. The molecule has 0 N–H and O–H groups in total. The number of carbonyl (C=O) groups is 1. The Kier molecular flexibility index (Phi) is 6.91. The highest BCUT2D eigenvalue weighted by Crippen LogP contribution is 2.38. The second kappa shape index (κ2) is 9.36. The van der Waals surface area contributed by atoms with Crippen LogP contribution in [0.15, 0.2) is 42.5 Å². The molecule has 0 fully saturated rings. The Labute approximate surface area is 152 Å². The highest BCUT2D eigenvalue weighted by molar-refractivity contribution is 5.89. The molecule has 0 saturated heterocycles. The lowest BCUT2D eigenvalue weighted by Gasteiger charge is -2.12. The van der Waals surface area contributed by atoms with E-state index >= 15 is 0 Å². The van der Waals surface area contributed by atoms with Gasteiger partial charge in [-0.15, -0.1) is 0 Å². The van der Waals surface area contributed by atoms with Gasteiger partial charge in [0.15, 0.2) is 11.5 Å². The maximum Gasteiger partial charge on any atom is 0.336 e. The summed E-state index contributed by atoms with van der Waals surface area (Å²) in [6.07, 6.45) is 2.94. The summed E-state index contributed by atoms with van der Waals surface area (Å²) in [5, 5.41) is 0. The largest absolute Gasteiger partial charge is 0.494 e. The van der Waals surface area contributed by atoms with Gasteiger partial charge in [-0.2, -0.15) is 0 Å². The van der Waals surface area contributed by atoms with E-state index in [1.54, 1.807) is 42.5 Å². The zero-order chi connectivity index (χ0) is 18.9. The first kappa shape index (κ1) is 19.2. The first-order valence-electron chi connectivity index (χ1n) is 8.04. The van der Waals surface area contributed by atoms with Crippen molar-refractivity contribution in [3.8, 4) is 28.7 Å². The monoisotopic (exact) mass is 358 g/mol. The average Bonchev–Trinajstić information content (AvgIpc) is 2.67. The summed E-state index contributed by atoms with van der Waals surface area (Å²) < 4.78 is 26.4. The molecule has 26 heavy (non-hydrogen) atoms. The first-order chi connectivity index (χ1) is 12.6. The summed E-state index contributed by atoms with van der Waals surface area (Å²) in [6, 6.07) is 10.3. The number of ether oxygens (including phenoxy) is 5. The molecular weight excluding hydrogens is 336 g/mol. The molecule has 0 atom stereocenters. The fourth-order valence-corrected chi connectivity index (χ4v) is 2.28. The summed E-state index contributed by atoms with van der Waals surface area (Å²) >= 11 is 0. The van der Waals surface area contributed by atoms with E-state index in [1.807, 2.05) is 6.92 Å². The van der Waals surface area contributed by atoms with Gasteiger partial charge in [-0.05, 0) is 55.0 Å². The molecular formula is C20H22O6. The van der Waals surface area contributed by atoms with Crippen LogP contribution >= 0.6 is 0 Å². The van der Waals surface area contributed by atoms with E-state index in [0.29, 0.717) is 35.2 Å². The van der Waals surface area contributed by atoms with Crippen molar-refractivity contribution in [3.63, 3.8) is 0 Å². The fraction of sp³-hybridized carbons (Fsp3) is 0.250. The summed E-state index contributed by atoms with van der Waals surface area (Å²) in [6.45, 7) is 2.48. The second-order valence-corrected chi connectivity index (χ2v) is 5.12. The molecule has 0 radical (unpaired) electrons. The molecule has 0 aliphatic rings. The molecule has 0 heterocycles. The van der Waals surface area contributed by atoms with Crippen molar-refractivity contribution in [2.24, 2.45) is 0 Å². The lowest BCUT2D eigenvalue weighted by Crippen LogP contribution is -2.03.